The standard InChI is InChI=1S/C13H15BrN2O5/c14-10-2-1-8(12(17)18)5-11(10)16-13(19)15-6-9-7-20-3-4-21-9/h1-2,5,9H,3-4,6-7H2,(H,17,18)(H2,15,16,19). The lowest BCUT2D eigenvalue weighted by molar-refractivity contribution is -0.0852. The Morgan fingerprint density at radius 3 is 2.86 bits per heavy atom. The summed E-state index contributed by atoms with van der Waals surface area (Å²) in [5.74, 6) is -1.06. The van der Waals surface area contributed by atoms with E-state index in [9.17, 15) is 9.59 Å². The molecule has 1 unspecified atom stereocenters. The van der Waals surface area contributed by atoms with Gasteiger partial charge in [0.15, 0.2) is 0 Å². The number of urea groups is 1. The van der Waals surface area contributed by atoms with Gasteiger partial charge in [-0.05, 0) is 34.1 Å². The molecule has 1 fully saturated rings. The minimum Gasteiger partial charge on any atom is -0.478 e. The van der Waals surface area contributed by atoms with Gasteiger partial charge in [-0.25, -0.2) is 9.59 Å². The second kappa shape index (κ2) is 7.39. The van der Waals surface area contributed by atoms with Crippen LogP contribution in [0.2, 0.25) is 0 Å². The Bertz CT molecular complexity index is 531. The van der Waals surface area contributed by atoms with Crippen molar-refractivity contribution in [3.8, 4) is 0 Å². The molecule has 1 saturated heterocycles. The summed E-state index contributed by atoms with van der Waals surface area (Å²) in [6, 6.07) is 3.96. The number of carboxylic acid groups (broad SMARTS) is 1. The second-order valence-electron chi connectivity index (χ2n) is 4.40. The summed E-state index contributed by atoms with van der Waals surface area (Å²) >= 11 is 3.26. The first-order valence-corrected chi connectivity index (χ1v) is 7.12. The summed E-state index contributed by atoms with van der Waals surface area (Å²) < 4.78 is 11.2. The van der Waals surface area contributed by atoms with Crippen LogP contribution in [0.5, 0.6) is 0 Å². The fourth-order valence-electron chi connectivity index (χ4n) is 1.78. The van der Waals surface area contributed by atoms with Crippen molar-refractivity contribution in [3.63, 3.8) is 0 Å². The van der Waals surface area contributed by atoms with Gasteiger partial charge in [-0.2, -0.15) is 0 Å². The zero-order chi connectivity index (χ0) is 15.2. The van der Waals surface area contributed by atoms with Crippen LogP contribution in [0.25, 0.3) is 0 Å². The van der Waals surface area contributed by atoms with Crippen LogP contribution in [0.4, 0.5) is 10.5 Å². The van der Waals surface area contributed by atoms with Gasteiger partial charge in [0.05, 0.1) is 37.2 Å². The monoisotopic (exact) mass is 358 g/mol. The number of hydrogen-bond acceptors (Lipinski definition) is 4. The van der Waals surface area contributed by atoms with Gasteiger partial charge in [0, 0.05) is 11.0 Å². The molecular formula is C13H15BrN2O5. The molecule has 8 heteroatoms. The second-order valence-corrected chi connectivity index (χ2v) is 5.26. The van der Waals surface area contributed by atoms with Crippen molar-refractivity contribution in [1.82, 2.24) is 5.32 Å². The van der Waals surface area contributed by atoms with E-state index in [0.29, 0.717) is 36.5 Å². The molecule has 0 bridgehead atoms. The zero-order valence-electron chi connectivity index (χ0n) is 11.1. The predicted molar refractivity (Wildman–Crippen MR) is 78.7 cm³/mol. The van der Waals surface area contributed by atoms with Crippen LogP contribution in [0.15, 0.2) is 22.7 Å². The Kier molecular flexibility index (Phi) is 5.54. The summed E-state index contributed by atoms with van der Waals surface area (Å²) in [6.45, 7) is 1.85. The fraction of sp³-hybridized carbons (Fsp3) is 0.385. The van der Waals surface area contributed by atoms with Crippen LogP contribution in [-0.4, -0.2) is 49.6 Å². The molecule has 1 aromatic rings. The van der Waals surface area contributed by atoms with E-state index >= 15 is 0 Å². The first-order valence-electron chi connectivity index (χ1n) is 6.33. The van der Waals surface area contributed by atoms with Crippen LogP contribution in [0.1, 0.15) is 10.4 Å². The minimum absolute atomic E-state index is 0.0949. The maximum absolute atomic E-state index is 11.8. The highest BCUT2D eigenvalue weighted by Crippen LogP contribution is 2.23. The molecule has 7 nitrogen and oxygen atoms in total. The van der Waals surface area contributed by atoms with Crippen molar-refractivity contribution in [2.45, 2.75) is 6.10 Å². The van der Waals surface area contributed by atoms with Gasteiger partial charge in [0.2, 0.25) is 0 Å². The number of carbonyl (C=O) groups excluding carboxylic acids is 1. The third-order valence-corrected chi connectivity index (χ3v) is 3.53. The maximum atomic E-state index is 11.8. The van der Waals surface area contributed by atoms with Gasteiger partial charge in [-0.15, -0.1) is 0 Å². The van der Waals surface area contributed by atoms with Crippen molar-refractivity contribution < 1.29 is 24.2 Å². The molecule has 21 heavy (non-hydrogen) atoms. The minimum atomic E-state index is -1.06. The van der Waals surface area contributed by atoms with Crippen molar-refractivity contribution in [2.24, 2.45) is 0 Å². The summed E-state index contributed by atoms with van der Waals surface area (Å²) in [5, 5.41) is 14.2. The van der Waals surface area contributed by atoms with Crippen molar-refractivity contribution >= 4 is 33.6 Å². The lowest BCUT2D eigenvalue weighted by Gasteiger charge is -2.23. The van der Waals surface area contributed by atoms with E-state index in [1.54, 1.807) is 6.07 Å². The van der Waals surface area contributed by atoms with Gasteiger partial charge < -0.3 is 25.2 Å². The van der Waals surface area contributed by atoms with Crippen LogP contribution in [0, 0.1) is 0 Å². The van der Waals surface area contributed by atoms with Gasteiger partial charge in [-0.1, -0.05) is 0 Å². The number of anilines is 1. The number of carboxylic acids is 1. The Morgan fingerprint density at radius 1 is 1.38 bits per heavy atom. The number of hydrogen-bond donors (Lipinski definition) is 3. The van der Waals surface area contributed by atoms with E-state index in [0.717, 1.165) is 0 Å². The molecule has 0 spiro atoms. The number of ether oxygens (including phenoxy) is 2. The Balaban J connectivity index is 1.89. The molecule has 0 radical (unpaired) electrons. The molecule has 2 rings (SSSR count). The topological polar surface area (TPSA) is 96.9 Å². The average molecular weight is 359 g/mol. The molecule has 1 heterocycles. The van der Waals surface area contributed by atoms with Crippen LogP contribution >= 0.6 is 15.9 Å². The summed E-state index contributed by atoms with van der Waals surface area (Å²) in [7, 11) is 0. The molecule has 1 aromatic carbocycles. The third-order valence-electron chi connectivity index (χ3n) is 2.84. The Morgan fingerprint density at radius 2 is 2.19 bits per heavy atom. The average Bonchev–Trinajstić information content (AvgIpc) is 2.48. The molecule has 0 aliphatic carbocycles. The fourth-order valence-corrected chi connectivity index (χ4v) is 2.13. The summed E-state index contributed by atoms with van der Waals surface area (Å²) in [4.78, 5) is 22.7. The smallest absolute Gasteiger partial charge is 0.335 e. The molecule has 1 atom stereocenters. The number of benzene rings is 1. The first-order chi connectivity index (χ1) is 10.1. The van der Waals surface area contributed by atoms with Crippen LogP contribution in [-0.2, 0) is 9.47 Å². The zero-order valence-corrected chi connectivity index (χ0v) is 12.7. The van der Waals surface area contributed by atoms with E-state index in [-0.39, 0.29) is 11.7 Å². The van der Waals surface area contributed by atoms with E-state index in [2.05, 4.69) is 26.6 Å². The maximum Gasteiger partial charge on any atom is 0.335 e. The number of halogens is 1. The van der Waals surface area contributed by atoms with E-state index in [1.807, 2.05) is 0 Å². The van der Waals surface area contributed by atoms with Gasteiger partial charge in [0.1, 0.15) is 0 Å². The van der Waals surface area contributed by atoms with E-state index in [1.165, 1.54) is 12.1 Å². The molecular weight excluding hydrogens is 344 g/mol. The van der Waals surface area contributed by atoms with Crippen LogP contribution < -0.4 is 10.6 Å². The molecule has 1 aliphatic heterocycles. The number of rotatable bonds is 4. The molecule has 1 aliphatic rings. The van der Waals surface area contributed by atoms with Gasteiger partial charge in [0.25, 0.3) is 0 Å². The van der Waals surface area contributed by atoms with Gasteiger partial charge in [-0.3, -0.25) is 0 Å². The highest BCUT2D eigenvalue weighted by molar-refractivity contribution is 9.10. The highest BCUT2D eigenvalue weighted by atomic mass is 79.9. The highest BCUT2D eigenvalue weighted by Gasteiger charge is 2.16. The number of carbonyl (C=O) groups is 2. The number of nitrogens with one attached hydrogen (secondary N) is 2. The van der Waals surface area contributed by atoms with Crippen molar-refractivity contribution in [2.75, 3.05) is 31.7 Å². The SMILES string of the molecule is O=C(NCC1COCCO1)Nc1cc(C(=O)O)ccc1Br. The molecule has 3 N–H and O–H groups in total. The molecule has 0 aromatic heterocycles. The summed E-state index contributed by atoms with van der Waals surface area (Å²) in [6.07, 6.45) is -0.168. The number of amides is 2. The van der Waals surface area contributed by atoms with Gasteiger partial charge >= 0.3 is 12.0 Å². The largest absolute Gasteiger partial charge is 0.478 e. The Labute approximate surface area is 129 Å². The third kappa shape index (κ3) is 4.69. The van der Waals surface area contributed by atoms with Crippen molar-refractivity contribution in [1.29, 1.82) is 0 Å². The molecule has 2 amide bonds. The number of aromatic carboxylic acids is 1. The predicted octanol–water partition coefficient (Wildman–Crippen LogP) is 1.68. The van der Waals surface area contributed by atoms with Crippen LogP contribution in [0.3, 0.4) is 0 Å². The first kappa shape index (κ1) is 15.7. The molecule has 114 valence electrons. The lowest BCUT2D eigenvalue weighted by Crippen LogP contribution is -2.41. The van der Waals surface area contributed by atoms with E-state index in [4.69, 9.17) is 14.6 Å². The molecule has 0 saturated carbocycles. The Hall–Kier alpha value is -1.64. The lowest BCUT2D eigenvalue weighted by atomic mass is 10.2. The quantitative estimate of drug-likeness (QED) is 0.760. The van der Waals surface area contributed by atoms with Crippen molar-refractivity contribution in [3.05, 3.63) is 28.2 Å². The normalized spacial score (nSPS) is 18.0. The summed E-state index contributed by atoms with van der Waals surface area (Å²) in [5.41, 5.74) is 0.478. The van der Waals surface area contributed by atoms with E-state index < -0.39 is 12.0 Å².